The van der Waals surface area contributed by atoms with E-state index in [4.69, 9.17) is 9.47 Å². The molecular weight excluding hydrogens is 434 g/mol. The first-order chi connectivity index (χ1) is 13.7. The van der Waals surface area contributed by atoms with Crippen LogP contribution in [0.4, 0.5) is 4.79 Å². The highest BCUT2D eigenvalue weighted by molar-refractivity contribution is 9.10. The minimum absolute atomic E-state index is 0.305. The summed E-state index contributed by atoms with van der Waals surface area (Å²) in [7, 11) is 0. The number of halogens is 1. The molecule has 0 aliphatic carbocycles. The largest absolute Gasteiger partial charge is 0.493 e. The molecule has 3 rings (SSSR count). The van der Waals surface area contributed by atoms with E-state index in [1.165, 1.54) is 0 Å². The lowest BCUT2D eigenvalue weighted by atomic mass is 9.81. The van der Waals surface area contributed by atoms with Crippen LogP contribution in [0.1, 0.15) is 70.9 Å². The Morgan fingerprint density at radius 3 is 2.86 bits per heavy atom. The molecule has 0 saturated carbocycles. The molecule has 5 nitrogen and oxygen atoms in total. The second-order valence-electron chi connectivity index (χ2n) is 9.07. The highest BCUT2D eigenvalue weighted by atomic mass is 79.9. The van der Waals surface area contributed by atoms with Gasteiger partial charge in [0.1, 0.15) is 11.4 Å². The molecule has 2 atom stereocenters. The number of allylic oxidation sites excluding steroid dienone is 1. The Hall–Kier alpha value is -1.53. The Morgan fingerprint density at radius 2 is 2.10 bits per heavy atom. The molecule has 2 bridgehead atoms. The predicted octanol–water partition coefficient (Wildman–Crippen LogP) is 5.76. The van der Waals surface area contributed by atoms with Gasteiger partial charge >= 0.3 is 6.09 Å². The number of piperidine rings is 1. The van der Waals surface area contributed by atoms with Crippen molar-refractivity contribution in [3.63, 3.8) is 0 Å². The smallest absolute Gasteiger partial charge is 0.410 e. The van der Waals surface area contributed by atoms with Crippen LogP contribution in [0, 0.1) is 0 Å². The van der Waals surface area contributed by atoms with E-state index in [1.54, 1.807) is 4.90 Å². The third kappa shape index (κ3) is 5.98. The molecule has 160 valence electrons. The van der Waals surface area contributed by atoms with Crippen molar-refractivity contribution in [3.8, 4) is 5.75 Å². The van der Waals surface area contributed by atoms with Crippen LogP contribution in [-0.4, -0.2) is 40.5 Å². The lowest BCUT2D eigenvalue weighted by molar-refractivity contribution is -0.0539. The Morgan fingerprint density at radius 1 is 1.31 bits per heavy atom. The number of fused-ring (bicyclic) bond motifs is 4. The van der Waals surface area contributed by atoms with Gasteiger partial charge in [0.05, 0.1) is 18.2 Å². The van der Waals surface area contributed by atoms with Crippen LogP contribution < -0.4 is 4.74 Å². The molecule has 6 heteroatoms. The molecule has 0 aromatic heterocycles. The van der Waals surface area contributed by atoms with E-state index in [0.29, 0.717) is 32.4 Å². The molecule has 2 aliphatic heterocycles. The van der Waals surface area contributed by atoms with Crippen molar-refractivity contribution in [1.29, 1.82) is 0 Å². The maximum atomic E-state index is 13.0. The van der Waals surface area contributed by atoms with Gasteiger partial charge in [0.2, 0.25) is 0 Å². The van der Waals surface area contributed by atoms with Crippen molar-refractivity contribution in [3.05, 3.63) is 40.4 Å². The van der Waals surface area contributed by atoms with Crippen molar-refractivity contribution in [2.24, 2.45) is 0 Å². The quantitative estimate of drug-likeness (QED) is 0.494. The van der Waals surface area contributed by atoms with E-state index in [9.17, 15) is 9.90 Å². The zero-order valence-electron chi connectivity index (χ0n) is 17.6. The maximum absolute atomic E-state index is 13.0. The molecule has 1 fully saturated rings. The van der Waals surface area contributed by atoms with Crippen LogP contribution in [0.5, 0.6) is 5.75 Å². The Bertz CT molecular complexity index is 758. The molecule has 1 aromatic carbocycles. The summed E-state index contributed by atoms with van der Waals surface area (Å²) in [6.45, 7) is 6.68. The summed E-state index contributed by atoms with van der Waals surface area (Å²) in [5.41, 5.74) is -0.506. The SMILES string of the molecule is CC(C)(C)OC(=O)N1CCC2(O)C/C=C/CCCCOc3cc(Br)ccc3[C@@H]1C2. The number of aliphatic hydroxyl groups is 1. The van der Waals surface area contributed by atoms with Gasteiger partial charge in [-0.15, -0.1) is 0 Å². The number of hydrogen-bond acceptors (Lipinski definition) is 4. The Balaban J connectivity index is 1.99. The molecule has 1 amide bonds. The summed E-state index contributed by atoms with van der Waals surface area (Å²) in [5, 5.41) is 11.3. The van der Waals surface area contributed by atoms with E-state index in [2.05, 4.69) is 28.1 Å². The lowest BCUT2D eigenvalue weighted by Gasteiger charge is -2.44. The van der Waals surface area contributed by atoms with Crippen LogP contribution in [-0.2, 0) is 4.74 Å². The van der Waals surface area contributed by atoms with Crippen LogP contribution in [0.2, 0.25) is 0 Å². The van der Waals surface area contributed by atoms with Crippen molar-refractivity contribution in [1.82, 2.24) is 4.90 Å². The number of amides is 1. The fraction of sp³-hybridized carbons (Fsp3) is 0.609. The fourth-order valence-electron chi connectivity index (χ4n) is 3.93. The lowest BCUT2D eigenvalue weighted by Crippen LogP contribution is -2.49. The number of ether oxygens (including phenoxy) is 2. The van der Waals surface area contributed by atoms with E-state index >= 15 is 0 Å². The van der Waals surface area contributed by atoms with Gasteiger partial charge in [-0.05, 0) is 65.0 Å². The monoisotopic (exact) mass is 465 g/mol. The summed E-state index contributed by atoms with van der Waals surface area (Å²) < 4.78 is 12.7. The zero-order valence-corrected chi connectivity index (χ0v) is 19.2. The normalized spacial score (nSPS) is 26.8. The minimum atomic E-state index is -0.849. The fourth-order valence-corrected chi connectivity index (χ4v) is 4.27. The molecule has 2 aliphatic rings. The third-order valence-corrected chi connectivity index (χ3v) is 5.91. The molecule has 1 unspecified atom stereocenters. The van der Waals surface area contributed by atoms with Crippen molar-refractivity contribution < 1.29 is 19.4 Å². The van der Waals surface area contributed by atoms with Crippen molar-refractivity contribution >= 4 is 22.0 Å². The molecule has 1 N–H and O–H groups in total. The average Bonchev–Trinajstić information content (AvgIpc) is 2.62. The molecule has 29 heavy (non-hydrogen) atoms. The van der Waals surface area contributed by atoms with Gasteiger partial charge in [0.15, 0.2) is 0 Å². The number of nitrogens with zero attached hydrogens (tertiary/aromatic N) is 1. The first-order valence-corrected chi connectivity index (χ1v) is 11.3. The second-order valence-corrected chi connectivity index (χ2v) is 9.99. The van der Waals surface area contributed by atoms with Gasteiger partial charge in [0.25, 0.3) is 0 Å². The molecule has 0 spiro atoms. The number of benzene rings is 1. The summed E-state index contributed by atoms with van der Waals surface area (Å²) in [6.07, 6.45) is 8.45. The van der Waals surface area contributed by atoms with Crippen molar-refractivity contribution in [2.75, 3.05) is 13.2 Å². The van der Waals surface area contributed by atoms with E-state index in [1.807, 2.05) is 39.0 Å². The maximum Gasteiger partial charge on any atom is 0.410 e. The minimum Gasteiger partial charge on any atom is -0.493 e. The van der Waals surface area contributed by atoms with Crippen LogP contribution >= 0.6 is 15.9 Å². The molecule has 1 aromatic rings. The average molecular weight is 466 g/mol. The molecule has 2 heterocycles. The number of carbonyl (C=O) groups excluding carboxylic acids is 1. The number of rotatable bonds is 0. The topological polar surface area (TPSA) is 59.0 Å². The standard InChI is InChI=1S/C23H32BrNO4/c1-22(2,3)29-21(26)25-13-12-23(27)11-7-5-4-6-8-14-28-20-15-17(24)9-10-18(20)19(25)16-23/h5,7,9-10,15,19,27H,4,6,8,11-14,16H2,1-3H3/b7-5+/t19-,23?/m0/s1. The summed E-state index contributed by atoms with van der Waals surface area (Å²) in [5.74, 6) is 0.759. The summed E-state index contributed by atoms with van der Waals surface area (Å²) in [4.78, 5) is 14.7. The van der Waals surface area contributed by atoms with Gasteiger partial charge in [-0.3, -0.25) is 0 Å². The Kier molecular flexibility index (Phi) is 6.94. The van der Waals surface area contributed by atoms with Gasteiger partial charge in [0, 0.05) is 23.0 Å². The van der Waals surface area contributed by atoms with Crippen molar-refractivity contribution in [2.45, 2.75) is 76.5 Å². The van der Waals surface area contributed by atoms with Gasteiger partial charge in [-0.1, -0.05) is 34.1 Å². The van der Waals surface area contributed by atoms with E-state index in [-0.39, 0.29) is 12.1 Å². The number of hydrogen-bond donors (Lipinski definition) is 1. The highest BCUT2D eigenvalue weighted by Crippen LogP contribution is 2.43. The van der Waals surface area contributed by atoms with E-state index in [0.717, 1.165) is 35.0 Å². The zero-order chi connectivity index (χ0) is 21.1. The summed E-state index contributed by atoms with van der Waals surface area (Å²) in [6, 6.07) is 5.60. The third-order valence-electron chi connectivity index (χ3n) is 5.42. The molecular formula is C23H32BrNO4. The van der Waals surface area contributed by atoms with Gasteiger partial charge in [-0.25, -0.2) is 4.79 Å². The van der Waals surface area contributed by atoms with Gasteiger partial charge in [-0.2, -0.15) is 0 Å². The first-order valence-electron chi connectivity index (χ1n) is 10.5. The van der Waals surface area contributed by atoms with Crippen LogP contribution in [0.25, 0.3) is 0 Å². The predicted molar refractivity (Wildman–Crippen MR) is 117 cm³/mol. The summed E-state index contributed by atoms with van der Waals surface area (Å²) >= 11 is 3.53. The number of carbonyl (C=O) groups is 1. The molecule has 0 radical (unpaired) electrons. The van der Waals surface area contributed by atoms with Crippen LogP contribution in [0.3, 0.4) is 0 Å². The van der Waals surface area contributed by atoms with Gasteiger partial charge < -0.3 is 19.5 Å². The number of likely N-dealkylation sites (tertiary alicyclic amines) is 1. The van der Waals surface area contributed by atoms with Crippen LogP contribution in [0.15, 0.2) is 34.8 Å². The second kappa shape index (κ2) is 9.09. The highest BCUT2D eigenvalue weighted by Gasteiger charge is 2.42. The van der Waals surface area contributed by atoms with E-state index < -0.39 is 11.2 Å². The first kappa shape index (κ1) is 22.2. The Labute approximate surface area is 182 Å². The molecule has 1 saturated heterocycles.